The van der Waals surface area contributed by atoms with E-state index in [1.54, 1.807) is 11.3 Å². The van der Waals surface area contributed by atoms with Crippen molar-refractivity contribution < 1.29 is 0 Å². The highest BCUT2D eigenvalue weighted by Crippen LogP contribution is 2.35. The minimum absolute atomic E-state index is 0.0899. The Kier molecular flexibility index (Phi) is 5.94. The maximum absolute atomic E-state index is 4.53. The number of hydrogen-bond donors (Lipinski definition) is 0. The minimum Gasteiger partial charge on any atom is -0.285 e. The summed E-state index contributed by atoms with van der Waals surface area (Å²) in [4.78, 5) is 3.78. The Balaban J connectivity index is 1.69. The number of nitrogens with zero attached hydrogens (tertiary/aromatic N) is 5. The monoisotopic (exact) mass is 381 g/mol. The summed E-state index contributed by atoms with van der Waals surface area (Å²) < 4.78 is 2.12. The number of benzene rings is 1. The van der Waals surface area contributed by atoms with Gasteiger partial charge in [-0.25, -0.2) is 4.68 Å². The maximum atomic E-state index is 4.53. The molecule has 5 nitrogen and oxygen atoms in total. The van der Waals surface area contributed by atoms with Crippen LogP contribution in [0.4, 0.5) is 0 Å². The molecular weight excluding hydrogens is 354 g/mol. The molecule has 1 saturated carbocycles. The number of tetrazole rings is 1. The first kappa shape index (κ1) is 18.3. The maximum Gasteiger partial charge on any atom is 0.174 e. The third-order valence-corrected chi connectivity index (χ3v) is 6.42. The van der Waals surface area contributed by atoms with Crippen molar-refractivity contribution in [2.45, 2.75) is 57.7 Å². The Labute approximate surface area is 165 Å². The molecule has 0 bridgehead atoms. The lowest BCUT2D eigenvalue weighted by Crippen LogP contribution is -2.32. The zero-order chi connectivity index (χ0) is 18.5. The summed E-state index contributed by atoms with van der Waals surface area (Å²) in [6, 6.07) is 15.5. The van der Waals surface area contributed by atoms with E-state index in [2.05, 4.69) is 79.9 Å². The van der Waals surface area contributed by atoms with Gasteiger partial charge in [0.1, 0.15) is 6.04 Å². The van der Waals surface area contributed by atoms with Crippen LogP contribution < -0.4 is 0 Å². The van der Waals surface area contributed by atoms with Crippen LogP contribution in [-0.2, 0) is 6.54 Å². The molecule has 6 heteroatoms. The smallest absolute Gasteiger partial charge is 0.174 e. The van der Waals surface area contributed by atoms with E-state index in [1.165, 1.54) is 42.5 Å². The molecule has 2 aromatic heterocycles. The van der Waals surface area contributed by atoms with Gasteiger partial charge in [0.05, 0.1) is 6.04 Å². The molecule has 2 heterocycles. The average molecular weight is 382 g/mol. The normalized spacial score (nSPS) is 16.7. The Hall–Kier alpha value is -2.05. The van der Waals surface area contributed by atoms with Crippen LogP contribution >= 0.6 is 11.3 Å². The SMILES string of the molecule is CCN(Cc1ccccc1)[C@H](c1cccs1)c1nnnn1C1CCCCC1. The Bertz CT molecular complexity index is 808. The standard InChI is InChI=1S/C21H27N5S/c1-2-25(16-17-10-5-3-6-11-17)20(19-14-9-15-27-19)21-22-23-24-26(21)18-12-7-4-8-13-18/h3,5-6,9-11,14-15,18,20H,2,4,7-8,12-13,16H2,1H3/t20-/m1/s1. The molecule has 1 atom stereocenters. The van der Waals surface area contributed by atoms with Gasteiger partial charge in [-0.2, -0.15) is 0 Å². The van der Waals surface area contributed by atoms with Crippen molar-refractivity contribution >= 4 is 11.3 Å². The third-order valence-electron chi connectivity index (χ3n) is 5.50. The van der Waals surface area contributed by atoms with Crippen LogP contribution in [0.5, 0.6) is 0 Å². The van der Waals surface area contributed by atoms with Gasteiger partial charge in [-0.1, -0.05) is 62.6 Å². The molecule has 0 amide bonds. The molecule has 1 aliphatic rings. The van der Waals surface area contributed by atoms with Crippen LogP contribution in [-0.4, -0.2) is 31.7 Å². The van der Waals surface area contributed by atoms with E-state index in [1.807, 2.05) is 0 Å². The van der Waals surface area contributed by atoms with E-state index in [9.17, 15) is 0 Å². The van der Waals surface area contributed by atoms with Gasteiger partial charge in [-0.15, -0.1) is 16.4 Å². The second-order valence-electron chi connectivity index (χ2n) is 7.24. The van der Waals surface area contributed by atoms with Gasteiger partial charge in [0, 0.05) is 11.4 Å². The number of hydrogen-bond acceptors (Lipinski definition) is 5. The van der Waals surface area contributed by atoms with Gasteiger partial charge >= 0.3 is 0 Å². The van der Waals surface area contributed by atoms with E-state index < -0.39 is 0 Å². The summed E-state index contributed by atoms with van der Waals surface area (Å²) in [6.07, 6.45) is 6.24. The summed E-state index contributed by atoms with van der Waals surface area (Å²) in [6.45, 7) is 4.05. The quantitative estimate of drug-likeness (QED) is 0.587. The molecule has 0 spiro atoms. The molecule has 4 rings (SSSR count). The van der Waals surface area contributed by atoms with Crippen molar-refractivity contribution in [1.82, 2.24) is 25.1 Å². The average Bonchev–Trinajstić information content (AvgIpc) is 3.42. The predicted octanol–water partition coefficient (Wildman–Crippen LogP) is 4.85. The zero-order valence-corrected chi connectivity index (χ0v) is 16.7. The summed E-state index contributed by atoms with van der Waals surface area (Å²) >= 11 is 1.79. The molecule has 0 N–H and O–H groups in total. The Morgan fingerprint density at radius 2 is 1.93 bits per heavy atom. The summed E-state index contributed by atoms with van der Waals surface area (Å²) in [5.41, 5.74) is 1.32. The summed E-state index contributed by atoms with van der Waals surface area (Å²) in [5, 5.41) is 15.2. The van der Waals surface area contributed by atoms with Gasteiger partial charge in [-0.3, -0.25) is 4.90 Å². The largest absolute Gasteiger partial charge is 0.285 e. The molecule has 1 aromatic carbocycles. The predicted molar refractivity (Wildman–Crippen MR) is 109 cm³/mol. The molecule has 0 radical (unpaired) electrons. The molecule has 3 aromatic rings. The van der Waals surface area contributed by atoms with Gasteiger partial charge < -0.3 is 0 Å². The first-order valence-electron chi connectivity index (χ1n) is 9.96. The molecule has 27 heavy (non-hydrogen) atoms. The molecular formula is C21H27N5S. The summed E-state index contributed by atoms with van der Waals surface area (Å²) in [5.74, 6) is 0.988. The van der Waals surface area contributed by atoms with E-state index >= 15 is 0 Å². The number of rotatable bonds is 7. The van der Waals surface area contributed by atoms with E-state index in [0.717, 1.165) is 18.9 Å². The van der Waals surface area contributed by atoms with Crippen molar-refractivity contribution in [3.05, 3.63) is 64.1 Å². The van der Waals surface area contributed by atoms with Crippen LogP contribution in [0.15, 0.2) is 47.8 Å². The topological polar surface area (TPSA) is 46.8 Å². The second kappa shape index (κ2) is 8.76. The molecule has 0 unspecified atom stereocenters. The Morgan fingerprint density at radius 3 is 2.63 bits per heavy atom. The van der Waals surface area contributed by atoms with Crippen LogP contribution in [0.25, 0.3) is 0 Å². The third kappa shape index (κ3) is 4.12. The van der Waals surface area contributed by atoms with Gasteiger partial charge in [0.2, 0.25) is 0 Å². The van der Waals surface area contributed by atoms with E-state index in [0.29, 0.717) is 6.04 Å². The van der Waals surface area contributed by atoms with Crippen molar-refractivity contribution in [3.63, 3.8) is 0 Å². The Morgan fingerprint density at radius 1 is 1.11 bits per heavy atom. The molecule has 0 aliphatic heterocycles. The first-order valence-corrected chi connectivity index (χ1v) is 10.8. The fourth-order valence-electron chi connectivity index (χ4n) is 4.09. The molecule has 1 fully saturated rings. The minimum atomic E-state index is 0.0899. The van der Waals surface area contributed by atoms with Gasteiger partial charge in [0.25, 0.3) is 0 Å². The van der Waals surface area contributed by atoms with Crippen molar-refractivity contribution in [2.24, 2.45) is 0 Å². The van der Waals surface area contributed by atoms with Crippen LogP contribution in [0, 0.1) is 0 Å². The highest BCUT2D eigenvalue weighted by atomic mass is 32.1. The van der Waals surface area contributed by atoms with Crippen molar-refractivity contribution in [3.8, 4) is 0 Å². The van der Waals surface area contributed by atoms with Gasteiger partial charge in [0.15, 0.2) is 5.82 Å². The van der Waals surface area contributed by atoms with Crippen LogP contribution in [0.3, 0.4) is 0 Å². The number of aromatic nitrogens is 4. The molecule has 1 aliphatic carbocycles. The zero-order valence-electron chi connectivity index (χ0n) is 15.9. The highest BCUT2D eigenvalue weighted by molar-refractivity contribution is 7.10. The van der Waals surface area contributed by atoms with Crippen LogP contribution in [0.1, 0.15) is 67.4 Å². The van der Waals surface area contributed by atoms with E-state index in [-0.39, 0.29) is 6.04 Å². The van der Waals surface area contributed by atoms with Crippen molar-refractivity contribution in [2.75, 3.05) is 6.54 Å². The highest BCUT2D eigenvalue weighted by Gasteiger charge is 2.30. The fourth-order valence-corrected chi connectivity index (χ4v) is 4.94. The first-order chi connectivity index (χ1) is 13.4. The second-order valence-corrected chi connectivity index (χ2v) is 8.22. The molecule has 142 valence electrons. The van der Waals surface area contributed by atoms with Gasteiger partial charge in [-0.05, 0) is 46.8 Å². The fraction of sp³-hybridized carbons (Fsp3) is 0.476. The lowest BCUT2D eigenvalue weighted by Gasteiger charge is -2.31. The lowest BCUT2D eigenvalue weighted by molar-refractivity contribution is 0.208. The lowest BCUT2D eigenvalue weighted by atomic mass is 9.95. The van der Waals surface area contributed by atoms with Crippen LogP contribution in [0.2, 0.25) is 0 Å². The number of thiophene rings is 1. The molecule has 0 saturated heterocycles. The summed E-state index contributed by atoms with van der Waals surface area (Å²) in [7, 11) is 0. The van der Waals surface area contributed by atoms with Crippen molar-refractivity contribution in [1.29, 1.82) is 0 Å². The van der Waals surface area contributed by atoms with E-state index in [4.69, 9.17) is 0 Å².